The van der Waals surface area contributed by atoms with Crippen LogP contribution >= 0.6 is 0 Å². The molecular formula is C12H15N3. The minimum absolute atomic E-state index is 0.555. The first-order valence-electron chi connectivity index (χ1n) is 5.25. The summed E-state index contributed by atoms with van der Waals surface area (Å²) in [5, 5.41) is 12.2. The van der Waals surface area contributed by atoms with E-state index in [0.29, 0.717) is 6.04 Å². The standard InChI is InChI=1S/C12H15N3/c1-15(12-5-6-14-9-12)11-4-2-3-10(7-11)8-13/h2-4,7,12,14H,5-6,9H2,1H3/t12-/m1/s1. The zero-order valence-electron chi connectivity index (χ0n) is 8.90. The zero-order chi connectivity index (χ0) is 10.7. The topological polar surface area (TPSA) is 39.1 Å². The molecule has 0 aliphatic carbocycles. The molecule has 0 aromatic heterocycles. The van der Waals surface area contributed by atoms with Crippen LogP contribution in [0.15, 0.2) is 24.3 Å². The van der Waals surface area contributed by atoms with Crippen LogP contribution < -0.4 is 10.2 Å². The van der Waals surface area contributed by atoms with Gasteiger partial charge in [-0.05, 0) is 31.2 Å². The maximum atomic E-state index is 8.83. The molecule has 0 radical (unpaired) electrons. The van der Waals surface area contributed by atoms with Gasteiger partial charge >= 0.3 is 0 Å². The summed E-state index contributed by atoms with van der Waals surface area (Å²) in [6, 6.07) is 10.5. The second-order valence-electron chi connectivity index (χ2n) is 3.92. The van der Waals surface area contributed by atoms with Gasteiger partial charge in [-0.25, -0.2) is 0 Å². The normalized spacial score (nSPS) is 19.9. The molecule has 1 atom stereocenters. The first-order valence-corrected chi connectivity index (χ1v) is 5.25. The summed E-state index contributed by atoms with van der Waals surface area (Å²) >= 11 is 0. The van der Waals surface area contributed by atoms with Crippen LogP contribution in [0.1, 0.15) is 12.0 Å². The molecule has 1 aliphatic heterocycles. The van der Waals surface area contributed by atoms with Gasteiger partial charge in [-0.1, -0.05) is 6.07 Å². The van der Waals surface area contributed by atoms with Gasteiger partial charge < -0.3 is 10.2 Å². The van der Waals surface area contributed by atoms with Crippen LogP contribution in [-0.4, -0.2) is 26.2 Å². The van der Waals surface area contributed by atoms with Crippen molar-refractivity contribution < 1.29 is 0 Å². The Labute approximate surface area is 90.3 Å². The van der Waals surface area contributed by atoms with Crippen molar-refractivity contribution in [1.82, 2.24) is 5.32 Å². The van der Waals surface area contributed by atoms with Gasteiger partial charge in [0, 0.05) is 25.3 Å². The average molecular weight is 201 g/mol. The van der Waals surface area contributed by atoms with Gasteiger partial charge in [-0.15, -0.1) is 0 Å². The van der Waals surface area contributed by atoms with E-state index < -0.39 is 0 Å². The van der Waals surface area contributed by atoms with Crippen LogP contribution in [0.25, 0.3) is 0 Å². The first-order chi connectivity index (χ1) is 7.31. The third-order valence-corrected chi connectivity index (χ3v) is 2.96. The lowest BCUT2D eigenvalue weighted by molar-refractivity contribution is 0.685. The minimum atomic E-state index is 0.555. The van der Waals surface area contributed by atoms with E-state index in [-0.39, 0.29) is 0 Å². The molecule has 1 N–H and O–H groups in total. The number of hydrogen-bond acceptors (Lipinski definition) is 3. The molecule has 0 unspecified atom stereocenters. The molecule has 0 spiro atoms. The summed E-state index contributed by atoms with van der Waals surface area (Å²) in [7, 11) is 2.09. The van der Waals surface area contributed by atoms with E-state index in [1.807, 2.05) is 18.2 Å². The Kier molecular flexibility index (Phi) is 2.89. The molecule has 2 rings (SSSR count). The molecule has 15 heavy (non-hydrogen) atoms. The number of anilines is 1. The predicted octanol–water partition coefficient (Wildman–Crippen LogP) is 1.36. The molecule has 1 fully saturated rings. The Balaban J connectivity index is 2.17. The molecule has 1 aliphatic rings. The zero-order valence-corrected chi connectivity index (χ0v) is 8.90. The molecule has 78 valence electrons. The Morgan fingerprint density at radius 3 is 3.07 bits per heavy atom. The van der Waals surface area contributed by atoms with Crippen LogP contribution in [0.4, 0.5) is 5.69 Å². The number of nitrogens with one attached hydrogen (secondary N) is 1. The highest BCUT2D eigenvalue weighted by Gasteiger charge is 2.19. The molecule has 1 saturated heterocycles. The van der Waals surface area contributed by atoms with Crippen molar-refractivity contribution in [3.8, 4) is 6.07 Å². The second kappa shape index (κ2) is 4.33. The number of likely N-dealkylation sites (N-methyl/N-ethyl adjacent to an activating group) is 1. The summed E-state index contributed by atoms with van der Waals surface area (Å²) in [6.45, 7) is 2.13. The third-order valence-electron chi connectivity index (χ3n) is 2.96. The highest BCUT2D eigenvalue weighted by Crippen LogP contribution is 2.19. The Morgan fingerprint density at radius 1 is 1.53 bits per heavy atom. The second-order valence-corrected chi connectivity index (χ2v) is 3.92. The molecule has 0 amide bonds. The van der Waals surface area contributed by atoms with E-state index in [4.69, 9.17) is 5.26 Å². The molecule has 1 heterocycles. The van der Waals surface area contributed by atoms with Crippen molar-refractivity contribution in [3.05, 3.63) is 29.8 Å². The maximum absolute atomic E-state index is 8.83. The lowest BCUT2D eigenvalue weighted by atomic mass is 10.1. The number of hydrogen-bond donors (Lipinski definition) is 1. The Bertz CT molecular complexity index is 375. The Hall–Kier alpha value is -1.53. The summed E-state index contributed by atoms with van der Waals surface area (Å²) in [6.07, 6.45) is 1.17. The molecule has 0 saturated carbocycles. The quantitative estimate of drug-likeness (QED) is 0.785. The van der Waals surface area contributed by atoms with Crippen LogP contribution in [0.3, 0.4) is 0 Å². The average Bonchev–Trinajstić information content (AvgIpc) is 2.81. The molecule has 3 nitrogen and oxygen atoms in total. The van der Waals surface area contributed by atoms with Crippen molar-refractivity contribution in [2.45, 2.75) is 12.5 Å². The highest BCUT2D eigenvalue weighted by atomic mass is 15.2. The van der Waals surface area contributed by atoms with Gasteiger partial charge in [0.05, 0.1) is 11.6 Å². The van der Waals surface area contributed by atoms with Crippen molar-refractivity contribution in [2.24, 2.45) is 0 Å². The largest absolute Gasteiger partial charge is 0.370 e. The van der Waals surface area contributed by atoms with Crippen LogP contribution in [-0.2, 0) is 0 Å². The number of nitriles is 1. The first kappa shape index (κ1) is 10.0. The molecule has 0 bridgehead atoms. The summed E-state index contributed by atoms with van der Waals surface area (Å²) < 4.78 is 0. The number of rotatable bonds is 2. The minimum Gasteiger partial charge on any atom is -0.370 e. The number of nitrogens with zero attached hydrogens (tertiary/aromatic N) is 2. The van der Waals surface area contributed by atoms with E-state index in [2.05, 4.69) is 29.4 Å². The van der Waals surface area contributed by atoms with Gasteiger partial charge in [-0.2, -0.15) is 5.26 Å². The van der Waals surface area contributed by atoms with E-state index in [1.54, 1.807) is 0 Å². The molecule has 1 aromatic rings. The van der Waals surface area contributed by atoms with E-state index in [0.717, 1.165) is 24.3 Å². The monoisotopic (exact) mass is 201 g/mol. The highest BCUT2D eigenvalue weighted by molar-refractivity contribution is 5.51. The third kappa shape index (κ3) is 2.11. The fourth-order valence-corrected chi connectivity index (χ4v) is 1.98. The summed E-state index contributed by atoms with van der Waals surface area (Å²) in [5.74, 6) is 0. The lowest BCUT2D eigenvalue weighted by Gasteiger charge is -2.26. The molecule has 3 heteroatoms. The van der Waals surface area contributed by atoms with E-state index >= 15 is 0 Å². The molecular weight excluding hydrogens is 186 g/mol. The fraction of sp³-hybridized carbons (Fsp3) is 0.417. The summed E-state index contributed by atoms with van der Waals surface area (Å²) in [5.41, 5.74) is 1.85. The van der Waals surface area contributed by atoms with Gasteiger partial charge in [-0.3, -0.25) is 0 Å². The van der Waals surface area contributed by atoms with E-state index in [9.17, 15) is 0 Å². The molecule has 1 aromatic carbocycles. The van der Waals surface area contributed by atoms with E-state index in [1.165, 1.54) is 6.42 Å². The van der Waals surface area contributed by atoms with Crippen molar-refractivity contribution in [2.75, 3.05) is 25.0 Å². The van der Waals surface area contributed by atoms with Crippen molar-refractivity contribution >= 4 is 5.69 Å². The van der Waals surface area contributed by atoms with Crippen LogP contribution in [0.5, 0.6) is 0 Å². The van der Waals surface area contributed by atoms with Crippen LogP contribution in [0, 0.1) is 11.3 Å². The van der Waals surface area contributed by atoms with Gasteiger partial charge in [0.1, 0.15) is 0 Å². The van der Waals surface area contributed by atoms with Crippen molar-refractivity contribution in [3.63, 3.8) is 0 Å². The van der Waals surface area contributed by atoms with Gasteiger partial charge in [0.25, 0.3) is 0 Å². The lowest BCUT2D eigenvalue weighted by Crippen LogP contribution is -2.33. The Morgan fingerprint density at radius 2 is 2.40 bits per heavy atom. The van der Waals surface area contributed by atoms with Crippen molar-refractivity contribution in [1.29, 1.82) is 5.26 Å². The smallest absolute Gasteiger partial charge is 0.0992 e. The van der Waals surface area contributed by atoms with Gasteiger partial charge in [0.2, 0.25) is 0 Å². The predicted molar refractivity (Wildman–Crippen MR) is 60.8 cm³/mol. The van der Waals surface area contributed by atoms with Crippen LogP contribution in [0.2, 0.25) is 0 Å². The summed E-state index contributed by atoms with van der Waals surface area (Å²) in [4.78, 5) is 2.25. The van der Waals surface area contributed by atoms with Gasteiger partial charge in [0.15, 0.2) is 0 Å². The SMILES string of the molecule is CN(c1cccc(C#N)c1)[C@@H]1CCNC1. The maximum Gasteiger partial charge on any atom is 0.0992 e. The number of benzene rings is 1. The fourth-order valence-electron chi connectivity index (χ4n) is 1.98.